The molecule has 0 aromatic carbocycles. The molecule has 0 radical (unpaired) electrons. The third kappa shape index (κ3) is 5.17. The average Bonchev–Trinajstić information content (AvgIpc) is 2.91. The fourth-order valence-electron chi connectivity index (χ4n) is 3.01. The Labute approximate surface area is 126 Å². The molecule has 2 N–H and O–H groups in total. The van der Waals surface area contributed by atoms with Crippen LogP contribution in [0.5, 0.6) is 0 Å². The quantitative estimate of drug-likeness (QED) is 0.813. The zero-order valence-corrected chi connectivity index (χ0v) is 13.4. The van der Waals surface area contributed by atoms with Gasteiger partial charge in [0, 0.05) is 17.5 Å². The molecule has 4 atom stereocenters. The molecule has 114 valence electrons. The van der Waals surface area contributed by atoms with Crippen molar-refractivity contribution in [2.45, 2.75) is 51.9 Å². The predicted octanol–water partition coefficient (Wildman–Crippen LogP) is 3.04. The molecule has 3 nitrogen and oxygen atoms in total. The molecule has 1 aliphatic rings. The third-order valence-corrected chi connectivity index (χ3v) is 5.03. The smallest absolute Gasteiger partial charge is 0.0897 e. The van der Waals surface area contributed by atoms with Crippen molar-refractivity contribution in [3.05, 3.63) is 22.4 Å². The number of hydrogen-bond acceptors (Lipinski definition) is 4. The Balaban J connectivity index is 1.58. The maximum absolute atomic E-state index is 9.96. The molecule has 20 heavy (non-hydrogen) atoms. The van der Waals surface area contributed by atoms with Gasteiger partial charge in [0.25, 0.3) is 0 Å². The number of hydrogen-bond donors (Lipinski definition) is 2. The lowest BCUT2D eigenvalue weighted by molar-refractivity contribution is 0.0264. The summed E-state index contributed by atoms with van der Waals surface area (Å²) in [4.78, 5) is 1.21. The number of aliphatic hydroxyl groups is 1. The molecule has 1 saturated carbocycles. The van der Waals surface area contributed by atoms with Crippen molar-refractivity contribution < 1.29 is 9.84 Å². The van der Waals surface area contributed by atoms with E-state index in [2.05, 4.69) is 25.2 Å². The number of ether oxygens (including phenoxy) is 1. The van der Waals surface area contributed by atoms with Gasteiger partial charge in [0.15, 0.2) is 0 Å². The molecule has 4 unspecified atom stereocenters. The van der Waals surface area contributed by atoms with E-state index < -0.39 is 6.10 Å². The van der Waals surface area contributed by atoms with Crippen LogP contribution in [-0.4, -0.2) is 30.4 Å². The minimum Gasteiger partial charge on any atom is -0.389 e. The predicted molar refractivity (Wildman–Crippen MR) is 84.0 cm³/mol. The van der Waals surface area contributed by atoms with Crippen LogP contribution in [0, 0.1) is 11.8 Å². The number of rotatable bonds is 7. The highest BCUT2D eigenvalue weighted by Gasteiger charge is 2.25. The Morgan fingerprint density at radius 2 is 2.30 bits per heavy atom. The molecular weight excluding hydrogens is 270 g/mol. The van der Waals surface area contributed by atoms with Gasteiger partial charge in [-0.25, -0.2) is 0 Å². The maximum atomic E-state index is 9.96. The van der Waals surface area contributed by atoms with Gasteiger partial charge in [-0.2, -0.15) is 0 Å². The summed E-state index contributed by atoms with van der Waals surface area (Å²) >= 11 is 1.69. The molecule has 1 fully saturated rings. The normalized spacial score (nSPS) is 28.4. The summed E-state index contributed by atoms with van der Waals surface area (Å²) in [6.07, 6.45) is 3.40. The van der Waals surface area contributed by atoms with Crippen LogP contribution < -0.4 is 5.32 Å². The number of aliphatic hydroxyl groups excluding tert-OH is 1. The lowest BCUT2D eigenvalue weighted by Gasteiger charge is -2.33. The molecule has 0 bridgehead atoms. The van der Waals surface area contributed by atoms with Crippen molar-refractivity contribution in [3.63, 3.8) is 0 Å². The molecule has 1 aromatic rings. The van der Waals surface area contributed by atoms with Crippen LogP contribution in [0.25, 0.3) is 0 Å². The summed E-state index contributed by atoms with van der Waals surface area (Å²) in [6.45, 7) is 6.29. The van der Waals surface area contributed by atoms with E-state index in [9.17, 15) is 5.11 Å². The molecule has 4 heteroatoms. The summed E-state index contributed by atoms with van der Waals surface area (Å²) in [5.74, 6) is 1.56. The SMILES string of the molecule is CC1CCC(NCC(O)COCc2cccs2)C(C)C1. The van der Waals surface area contributed by atoms with Gasteiger partial charge in [0.2, 0.25) is 0 Å². The second-order valence-electron chi connectivity index (χ2n) is 6.16. The highest BCUT2D eigenvalue weighted by Crippen LogP contribution is 2.28. The molecule has 1 aromatic heterocycles. The van der Waals surface area contributed by atoms with Crippen molar-refractivity contribution >= 4 is 11.3 Å². The molecular formula is C16H27NO2S. The number of nitrogens with one attached hydrogen (secondary N) is 1. The van der Waals surface area contributed by atoms with Crippen molar-refractivity contribution in [1.29, 1.82) is 0 Å². The Morgan fingerprint density at radius 1 is 1.45 bits per heavy atom. The molecule has 0 amide bonds. The highest BCUT2D eigenvalue weighted by atomic mass is 32.1. The fraction of sp³-hybridized carbons (Fsp3) is 0.750. The van der Waals surface area contributed by atoms with Crippen molar-refractivity contribution in [2.24, 2.45) is 11.8 Å². The van der Waals surface area contributed by atoms with Gasteiger partial charge in [0.05, 0.1) is 19.3 Å². The zero-order chi connectivity index (χ0) is 14.4. The van der Waals surface area contributed by atoms with E-state index in [0.29, 0.717) is 31.7 Å². The lowest BCUT2D eigenvalue weighted by atomic mass is 9.80. The van der Waals surface area contributed by atoms with Crippen LogP contribution >= 0.6 is 11.3 Å². The summed E-state index contributed by atoms with van der Waals surface area (Å²) in [5, 5.41) is 15.5. The molecule has 1 aliphatic carbocycles. The first-order chi connectivity index (χ1) is 9.65. The van der Waals surface area contributed by atoms with Gasteiger partial charge in [-0.1, -0.05) is 19.9 Å². The van der Waals surface area contributed by atoms with Gasteiger partial charge >= 0.3 is 0 Å². The fourth-order valence-corrected chi connectivity index (χ4v) is 3.65. The first-order valence-electron chi connectivity index (χ1n) is 7.66. The summed E-state index contributed by atoms with van der Waals surface area (Å²) in [7, 11) is 0. The van der Waals surface area contributed by atoms with Crippen LogP contribution in [0.2, 0.25) is 0 Å². The van der Waals surface area contributed by atoms with E-state index in [0.717, 1.165) is 5.92 Å². The summed E-state index contributed by atoms with van der Waals surface area (Å²) in [6, 6.07) is 4.63. The Bertz CT molecular complexity index is 369. The highest BCUT2D eigenvalue weighted by molar-refractivity contribution is 7.09. The molecule has 0 saturated heterocycles. The van der Waals surface area contributed by atoms with Gasteiger partial charge in [-0.15, -0.1) is 11.3 Å². The first-order valence-corrected chi connectivity index (χ1v) is 8.54. The van der Waals surface area contributed by atoms with Crippen LogP contribution in [0.15, 0.2) is 17.5 Å². The van der Waals surface area contributed by atoms with E-state index in [1.54, 1.807) is 11.3 Å². The average molecular weight is 297 g/mol. The largest absolute Gasteiger partial charge is 0.389 e. The lowest BCUT2D eigenvalue weighted by Crippen LogP contribution is -2.43. The molecule has 2 rings (SSSR count). The van der Waals surface area contributed by atoms with Crippen molar-refractivity contribution in [3.8, 4) is 0 Å². The summed E-state index contributed by atoms with van der Waals surface area (Å²) < 4.78 is 5.54. The van der Waals surface area contributed by atoms with E-state index in [-0.39, 0.29) is 0 Å². The van der Waals surface area contributed by atoms with Crippen LogP contribution in [0.3, 0.4) is 0 Å². The van der Waals surface area contributed by atoms with E-state index in [1.807, 2.05) is 11.4 Å². The molecule has 0 aliphatic heterocycles. The van der Waals surface area contributed by atoms with Crippen LogP contribution in [-0.2, 0) is 11.3 Å². The summed E-state index contributed by atoms with van der Waals surface area (Å²) in [5.41, 5.74) is 0. The van der Waals surface area contributed by atoms with E-state index in [4.69, 9.17) is 4.74 Å². The topological polar surface area (TPSA) is 41.5 Å². The zero-order valence-electron chi connectivity index (χ0n) is 12.5. The minimum atomic E-state index is -0.415. The monoisotopic (exact) mass is 297 g/mol. The Kier molecular flexibility index (Phi) is 6.49. The van der Waals surface area contributed by atoms with Gasteiger partial charge in [0.1, 0.15) is 0 Å². The molecule has 0 spiro atoms. The van der Waals surface area contributed by atoms with Gasteiger partial charge in [-0.05, 0) is 42.5 Å². The van der Waals surface area contributed by atoms with Gasteiger partial charge in [-0.3, -0.25) is 0 Å². The first kappa shape index (κ1) is 16.0. The Morgan fingerprint density at radius 3 is 3.00 bits per heavy atom. The number of thiophene rings is 1. The second kappa shape index (κ2) is 8.13. The van der Waals surface area contributed by atoms with E-state index >= 15 is 0 Å². The maximum Gasteiger partial charge on any atom is 0.0897 e. The Hall–Kier alpha value is -0.420. The van der Waals surface area contributed by atoms with Crippen molar-refractivity contribution in [1.82, 2.24) is 5.32 Å². The minimum absolute atomic E-state index is 0.405. The van der Waals surface area contributed by atoms with Crippen molar-refractivity contribution in [2.75, 3.05) is 13.2 Å². The van der Waals surface area contributed by atoms with Crippen LogP contribution in [0.1, 0.15) is 38.0 Å². The van der Waals surface area contributed by atoms with Gasteiger partial charge < -0.3 is 15.2 Å². The van der Waals surface area contributed by atoms with E-state index in [1.165, 1.54) is 24.1 Å². The second-order valence-corrected chi connectivity index (χ2v) is 7.19. The molecule has 1 heterocycles. The third-order valence-electron chi connectivity index (χ3n) is 4.18. The standard InChI is InChI=1S/C16H27NO2S/c1-12-5-6-16(13(2)8-12)17-9-14(18)10-19-11-15-4-3-7-20-15/h3-4,7,12-14,16-18H,5-6,8-11H2,1-2H3. The van der Waals surface area contributed by atoms with Crippen LogP contribution in [0.4, 0.5) is 0 Å².